The van der Waals surface area contributed by atoms with E-state index in [9.17, 15) is 0 Å². The first-order chi connectivity index (χ1) is 4.98. The molecule has 0 saturated heterocycles. The molecule has 11 heavy (non-hydrogen) atoms. The number of nitrogens with two attached hydrogens (primary N) is 1. The van der Waals surface area contributed by atoms with Crippen LogP contribution in [0.3, 0.4) is 0 Å². The molecule has 1 nitrogen and oxygen atoms in total. The zero-order valence-corrected chi connectivity index (χ0v) is 7.85. The predicted molar refractivity (Wildman–Crippen MR) is 47.2 cm³/mol. The molecule has 0 bridgehead atoms. The van der Waals surface area contributed by atoms with Crippen LogP contribution < -0.4 is 5.73 Å². The molecule has 2 aliphatic rings. The first kappa shape index (κ1) is 7.60. The standard InChI is InChI=1S/C10H19N/c1-9(2,3)10(11)7-5-4-6-8(7)10/h7-8H,4-6,11H2,1-3H3. The summed E-state index contributed by atoms with van der Waals surface area (Å²) in [6.07, 6.45) is 4.20. The van der Waals surface area contributed by atoms with Crippen molar-refractivity contribution in [2.45, 2.75) is 45.6 Å². The molecular formula is C10H19N. The Labute approximate surface area is 69.4 Å². The van der Waals surface area contributed by atoms with Crippen LogP contribution in [0.2, 0.25) is 0 Å². The molecule has 2 unspecified atom stereocenters. The molecule has 0 spiro atoms. The lowest BCUT2D eigenvalue weighted by atomic mass is 9.80. The summed E-state index contributed by atoms with van der Waals surface area (Å²) in [5.41, 5.74) is 6.89. The van der Waals surface area contributed by atoms with Gasteiger partial charge in [-0.3, -0.25) is 0 Å². The average Bonchev–Trinajstić information content (AvgIpc) is 2.33. The van der Waals surface area contributed by atoms with Crippen LogP contribution in [-0.2, 0) is 0 Å². The van der Waals surface area contributed by atoms with E-state index in [1.54, 1.807) is 0 Å². The summed E-state index contributed by atoms with van der Waals surface area (Å²) in [5, 5.41) is 0. The van der Waals surface area contributed by atoms with Crippen LogP contribution in [0.1, 0.15) is 40.0 Å². The Balaban J connectivity index is 2.17. The van der Waals surface area contributed by atoms with Gasteiger partial charge in [0.25, 0.3) is 0 Å². The molecule has 2 saturated carbocycles. The van der Waals surface area contributed by atoms with E-state index >= 15 is 0 Å². The van der Waals surface area contributed by atoms with E-state index in [4.69, 9.17) is 5.73 Å². The third kappa shape index (κ3) is 0.752. The van der Waals surface area contributed by atoms with Crippen LogP contribution in [0.15, 0.2) is 0 Å². The van der Waals surface area contributed by atoms with Gasteiger partial charge in [0.1, 0.15) is 0 Å². The van der Waals surface area contributed by atoms with E-state index < -0.39 is 0 Å². The van der Waals surface area contributed by atoms with Crippen molar-refractivity contribution in [2.24, 2.45) is 23.0 Å². The monoisotopic (exact) mass is 153 g/mol. The second-order valence-electron chi connectivity index (χ2n) is 5.33. The molecule has 0 amide bonds. The van der Waals surface area contributed by atoms with Crippen LogP contribution in [-0.4, -0.2) is 5.54 Å². The minimum Gasteiger partial charge on any atom is -0.324 e. The first-order valence-electron chi connectivity index (χ1n) is 4.77. The molecule has 2 fully saturated rings. The molecule has 0 aromatic carbocycles. The summed E-state index contributed by atoms with van der Waals surface area (Å²) in [4.78, 5) is 0. The van der Waals surface area contributed by atoms with Gasteiger partial charge < -0.3 is 5.73 Å². The molecule has 0 radical (unpaired) electrons. The fraction of sp³-hybridized carbons (Fsp3) is 1.00. The van der Waals surface area contributed by atoms with E-state index in [0.29, 0.717) is 5.41 Å². The molecule has 0 aromatic heterocycles. The number of hydrogen-bond donors (Lipinski definition) is 1. The summed E-state index contributed by atoms with van der Waals surface area (Å²) in [5.74, 6) is 1.73. The molecule has 0 aliphatic heterocycles. The lowest BCUT2D eigenvalue weighted by Crippen LogP contribution is -2.42. The summed E-state index contributed by atoms with van der Waals surface area (Å²) < 4.78 is 0. The van der Waals surface area contributed by atoms with Gasteiger partial charge in [-0.2, -0.15) is 0 Å². The maximum Gasteiger partial charge on any atom is 0.0267 e. The van der Waals surface area contributed by atoms with Crippen molar-refractivity contribution in [3.8, 4) is 0 Å². The zero-order valence-electron chi connectivity index (χ0n) is 7.85. The normalized spacial score (nSPS) is 49.1. The van der Waals surface area contributed by atoms with E-state index in [1.165, 1.54) is 19.3 Å². The SMILES string of the molecule is CC(C)(C)C1(N)C2CCCC21. The maximum absolute atomic E-state index is 6.37. The highest BCUT2D eigenvalue weighted by molar-refractivity contribution is 5.23. The van der Waals surface area contributed by atoms with Crippen LogP contribution in [0.25, 0.3) is 0 Å². The van der Waals surface area contributed by atoms with Crippen molar-refractivity contribution in [1.29, 1.82) is 0 Å². The molecule has 0 heterocycles. The highest BCUT2D eigenvalue weighted by Gasteiger charge is 2.68. The maximum atomic E-state index is 6.37. The van der Waals surface area contributed by atoms with Gasteiger partial charge in [0.2, 0.25) is 0 Å². The van der Waals surface area contributed by atoms with Crippen LogP contribution in [0, 0.1) is 17.3 Å². The van der Waals surface area contributed by atoms with Gasteiger partial charge in [0.05, 0.1) is 0 Å². The minimum atomic E-state index is 0.200. The summed E-state index contributed by atoms with van der Waals surface area (Å²) in [6.45, 7) is 6.85. The van der Waals surface area contributed by atoms with Crippen molar-refractivity contribution in [3.05, 3.63) is 0 Å². The third-order valence-corrected chi connectivity index (χ3v) is 3.93. The molecule has 64 valence electrons. The van der Waals surface area contributed by atoms with Crippen molar-refractivity contribution >= 4 is 0 Å². The highest BCUT2D eigenvalue weighted by atomic mass is 14.9. The Morgan fingerprint density at radius 2 is 1.64 bits per heavy atom. The van der Waals surface area contributed by atoms with E-state index in [0.717, 1.165) is 11.8 Å². The summed E-state index contributed by atoms with van der Waals surface area (Å²) in [6, 6.07) is 0. The van der Waals surface area contributed by atoms with Gasteiger partial charge >= 0.3 is 0 Å². The number of fused-ring (bicyclic) bond motifs is 1. The molecule has 0 aromatic rings. The second kappa shape index (κ2) is 1.82. The van der Waals surface area contributed by atoms with Gasteiger partial charge in [0.15, 0.2) is 0 Å². The summed E-state index contributed by atoms with van der Waals surface area (Å²) >= 11 is 0. The largest absolute Gasteiger partial charge is 0.324 e. The van der Waals surface area contributed by atoms with Crippen LogP contribution in [0.5, 0.6) is 0 Å². The van der Waals surface area contributed by atoms with Gasteiger partial charge in [-0.1, -0.05) is 27.2 Å². The second-order valence-corrected chi connectivity index (χ2v) is 5.33. The Morgan fingerprint density at radius 3 is 1.91 bits per heavy atom. The van der Waals surface area contributed by atoms with Crippen molar-refractivity contribution < 1.29 is 0 Å². The molecule has 2 atom stereocenters. The van der Waals surface area contributed by atoms with Crippen LogP contribution in [0.4, 0.5) is 0 Å². The van der Waals surface area contributed by atoms with E-state index in [2.05, 4.69) is 20.8 Å². The number of rotatable bonds is 0. The predicted octanol–water partition coefficient (Wildman–Crippen LogP) is 2.16. The van der Waals surface area contributed by atoms with E-state index in [1.807, 2.05) is 0 Å². The summed E-state index contributed by atoms with van der Waals surface area (Å²) in [7, 11) is 0. The van der Waals surface area contributed by atoms with Gasteiger partial charge in [-0.15, -0.1) is 0 Å². The fourth-order valence-electron chi connectivity index (χ4n) is 3.11. The van der Waals surface area contributed by atoms with Gasteiger partial charge in [-0.05, 0) is 30.1 Å². The minimum absolute atomic E-state index is 0.200. The van der Waals surface area contributed by atoms with E-state index in [-0.39, 0.29) is 5.54 Å². The van der Waals surface area contributed by atoms with Crippen molar-refractivity contribution in [1.82, 2.24) is 0 Å². The molecule has 2 N–H and O–H groups in total. The Hall–Kier alpha value is -0.0400. The fourth-order valence-corrected chi connectivity index (χ4v) is 3.11. The molecular weight excluding hydrogens is 134 g/mol. The van der Waals surface area contributed by atoms with Crippen molar-refractivity contribution in [3.63, 3.8) is 0 Å². The zero-order chi connectivity index (χ0) is 8.28. The lowest BCUT2D eigenvalue weighted by Gasteiger charge is -2.31. The Kier molecular flexibility index (Phi) is 1.26. The third-order valence-electron chi connectivity index (χ3n) is 3.93. The topological polar surface area (TPSA) is 26.0 Å². The quantitative estimate of drug-likeness (QED) is 0.567. The average molecular weight is 153 g/mol. The molecule has 2 aliphatic carbocycles. The molecule has 1 heteroatoms. The van der Waals surface area contributed by atoms with Crippen LogP contribution >= 0.6 is 0 Å². The Morgan fingerprint density at radius 1 is 1.18 bits per heavy atom. The number of hydrogen-bond acceptors (Lipinski definition) is 1. The smallest absolute Gasteiger partial charge is 0.0267 e. The first-order valence-corrected chi connectivity index (χ1v) is 4.77. The molecule has 2 rings (SSSR count). The van der Waals surface area contributed by atoms with Gasteiger partial charge in [-0.25, -0.2) is 0 Å². The van der Waals surface area contributed by atoms with Gasteiger partial charge in [0, 0.05) is 5.54 Å². The highest BCUT2D eigenvalue weighted by Crippen LogP contribution is 2.65. The van der Waals surface area contributed by atoms with Crippen molar-refractivity contribution in [2.75, 3.05) is 0 Å². The lowest BCUT2D eigenvalue weighted by molar-refractivity contribution is 0.250. The Bertz CT molecular complexity index is 168.